The molecule has 1 aromatic rings. The van der Waals surface area contributed by atoms with Crippen molar-refractivity contribution in [3.05, 3.63) is 34.9 Å². The topological polar surface area (TPSA) is 29.1 Å². The van der Waals surface area contributed by atoms with E-state index in [0.717, 1.165) is 23.4 Å². The molecule has 0 radical (unpaired) electrons. The van der Waals surface area contributed by atoms with Crippen molar-refractivity contribution in [1.29, 1.82) is 0 Å². The molecule has 2 rings (SSSR count). The Labute approximate surface area is 88.3 Å². The molecule has 1 saturated heterocycles. The van der Waals surface area contributed by atoms with Gasteiger partial charge in [0, 0.05) is 11.4 Å². The monoisotopic (exact) mass is 209 g/mol. The Kier molecular flexibility index (Phi) is 2.73. The third-order valence-electron chi connectivity index (χ3n) is 2.48. The van der Waals surface area contributed by atoms with Crippen LogP contribution in [-0.2, 0) is 4.79 Å². The normalized spacial score (nSPS) is 21.8. The molecule has 3 heteroatoms. The lowest BCUT2D eigenvalue weighted by atomic mass is 9.97. The third-order valence-corrected chi connectivity index (χ3v) is 2.72. The van der Waals surface area contributed by atoms with E-state index >= 15 is 0 Å². The minimum Gasteiger partial charge on any atom is -0.349 e. The second-order valence-electron chi connectivity index (χ2n) is 3.57. The largest absolute Gasteiger partial charge is 0.349 e. The highest BCUT2D eigenvalue weighted by Crippen LogP contribution is 2.25. The van der Waals surface area contributed by atoms with E-state index in [0.29, 0.717) is 6.42 Å². The number of benzene rings is 1. The van der Waals surface area contributed by atoms with Crippen molar-refractivity contribution in [3.8, 4) is 0 Å². The van der Waals surface area contributed by atoms with E-state index in [1.54, 1.807) is 0 Å². The van der Waals surface area contributed by atoms with Crippen LogP contribution in [0.4, 0.5) is 0 Å². The van der Waals surface area contributed by atoms with Crippen molar-refractivity contribution < 1.29 is 4.79 Å². The Morgan fingerprint density at radius 3 is 3.00 bits per heavy atom. The van der Waals surface area contributed by atoms with Crippen LogP contribution in [0.25, 0.3) is 0 Å². The summed E-state index contributed by atoms with van der Waals surface area (Å²) >= 11 is 5.89. The van der Waals surface area contributed by atoms with Gasteiger partial charge < -0.3 is 5.32 Å². The second-order valence-corrected chi connectivity index (χ2v) is 4.00. The van der Waals surface area contributed by atoms with Gasteiger partial charge in [-0.15, -0.1) is 0 Å². The molecule has 1 aliphatic heterocycles. The lowest BCUT2D eigenvalue weighted by Crippen LogP contribution is -2.32. The van der Waals surface area contributed by atoms with Crippen LogP contribution in [0.1, 0.15) is 30.9 Å². The van der Waals surface area contributed by atoms with Gasteiger partial charge in [-0.3, -0.25) is 4.79 Å². The zero-order valence-electron chi connectivity index (χ0n) is 7.79. The van der Waals surface area contributed by atoms with Gasteiger partial charge in [-0.05, 0) is 30.5 Å². The number of rotatable bonds is 1. The maximum atomic E-state index is 11.2. The molecule has 1 aromatic carbocycles. The second kappa shape index (κ2) is 4.01. The maximum absolute atomic E-state index is 11.2. The van der Waals surface area contributed by atoms with Gasteiger partial charge >= 0.3 is 0 Å². The molecule has 1 atom stereocenters. The standard InChI is InChI=1S/C11H12ClNO/c12-9-4-1-3-8(7-9)10-5-2-6-11(14)13-10/h1,3-4,7,10H,2,5-6H2,(H,13,14). The van der Waals surface area contributed by atoms with Crippen LogP contribution >= 0.6 is 11.6 Å². The molecular formula is C11H12ClNO. The van der Waals surface area contributed by atoms with E-state index in [9.17, 15) is 4.79 Å². The first kappa shape index (κ1) is 9.53. The molecule has 0 saturated carbocycles. The summed E-state index contributed by atoms with van der Waals surface area (Å²) < 4.78 is 0. The van der Waals surface area contributed by atoms with E-state index in [-0.39, 0.29) is 11.9 Å². The summed E-state index contributed by atoms with van der Waals surface area (Å²) in [6.45, 7) is 0. The van der Waals surface area contributed by atoms with E-state index < -0.39 is 0 Å². The van der Waals surface area contributed by atoms with Gasteiger partial charge in [-0.2, -0.15) is 0 Å². The Morgan fingerprint density at radius 2 is 2.29 bits per heavy atom. The van der Waals surface area contributed by atoms with Gasteiger partial charge in [0.25, 0.3) is 0 Å². The highest BCUT2D eigenvalue weighted by atomic mass is 35.5. The lowest BCUT2D eigenvalue weighted by Gasteiger charge is -2.23. The molecule has 0 spiro atoms. The first-order valence-electron chi connectivity index (χ1n) is 4.80. The molecule has 1 heterocycles. The number of carbonyl (C=O) groups excluding carboxylic acids is 1. The van der Waals surface area contributed by atoms with E-state index in [1.807, 2.05) is 24.3 Å². The quantitative estimate of drug-likeness (QED) is 0.757. The van der Waals surface area contributed by atoms with Crippen LogP contribution in [0.5, 0.6) is 0 Å². The van der Waals surface area contributed by atoms with Crippen molar-refractivity contribution in [3.63, 3.8) is 0 Å². The van der Waals surface area contributed by atoms with Crippen LogP contribution in [0.15, 0.2) is 24.3 Å². The van der Waals surface area contributed by atoms with Crippen molar-refractivity contribution >= 4 is 17.5 Å². The summed E-state index contributed by atoms with van der Waals surface area (Å²) in [5.74, 6) is 0.140. The van der Waals surface area contributed by atoms with Gasteiger partial charge in [-0.1, -0.05) is 23.7 Å². The molecule has 1 aliphatic rings. The Bertz CT molecular complexity index is 351. The molecule has 1 fully saturated rings. The Morgan fingerprint density at radius 1 is 1.43 bits per heavy atom. The summed E-state index contributed by atoms with van der Waals surface area (Å²) in [6, 6.07) is 7.82. The fourth-order valence-corrected chi connectivity index (χ4v) is 1.98. The minimum absolute atomic E-state index is 0.140. The molecule has 74 valence electrons. The van der Waals surface area contributed by atoms with E-state index in [2.05, 4.69) is 5.32 Å². The molecular weight excluding hydrogens is 198 g/mol. The van der Waals surface area contributed by atoms with Crippen LogP contribution in [-0.4, -0.2) is 5.91 Å². The maximum Gasteiger partial charge on any atom is 0.220 e. The highest BCUT2D eigenvalue weighted by molar-refractivity contribution is 6.30. The fourth-order valence-electron chi connectivity index (χ4n) is 1.78. The SMILES string of the molecule is O=C1CCCC(c2cccc(Cl)c2)N1. The summed E-state index contributed by atoms with van der Waals surface area (Å²) in [5.41, 5.74) is 1.10. The van der Waals surface area contributed by atoms with E-state index in [4.69, 9.17) is 11.6 Å². The van der Waals surface area contributed by atoms with Gasteiger partial charge in [0.2, 0.25) is 5.91 Å². The number of nitrogens with one attached hydrogen (secondary N) is 1. The van der Waals surface area contributed by atoms with Crippen molar-refractivity contribution in [1.82, 2.24) is 5.32 Å². The molecule has 1 unspecified atom stereocenters. The Hall–Kier alpha value is -1.02. The number of hydrogen-bond donors (Lipinski definition) is 1. The van der Waals surface area contributed by atoms with E-state index in [1.165, 1.54) is 0 Å². The molecule has 14 heavy (non-hydrogen) atoms. The molecule has 2 nitrogen and oxygen atoms in total. The molecule has 0 bridgehead atoms. The van der Waals surface area contributed by atoms with Crippen molar-refractivity contribution in [2.45, 2.75) is 25.3 Å². The number of halogens is 1. The van der Waals surface area contributed by atoms with Crippen LogP contribution in [0.2, 0.25) is 5.02 Å². The smallest absolute Gasteiger partial charge is 0.220 e. The van der Waals surface area contributed by atoms with Crippen LogP contribution in [0.3, 0.4) is 0 Å². The average molecular weight is 210 g/mol. The van der Waals surface area contributed by atoms with Crippen LogP contribution in [0, 0.1) is 0 Å². The zero-order chi connectivity index (χ0) is 9.97. The number of piperidine rings is 1. The number of carbonyl (C=O) groups is 1. The number of hydrogen-bond acceptors (Lipinski definition) is 1. The molecule has 0 aromatic heterocycles. The first-order chi connectivity index (χ1) is 6.75. The minimum atomic E-state index is 0.140. The fraction of sp³-hybridized carbons (Fsp3) is 0.364. The third kappa shape index (κ3) is 2.07. The van der Waals surface area contributed by atoms with Gasteiger partial charge in [0.1, 0.15) is 0 Å². The zero-order valence-corrected chi connectivity index (χ0v) is 8.55. The average Bonchev–Trinajstić information content (AvgIpc) is 2.18. The lowest BCUT2D eigenvalue weighted by molar-refractivity contribution is -0.123. The Balaban J connectivity index is 2.17. The molecule has 1 N–H and O–H groups in total. The first-order valence-corrected chi connectivity index (χ1v) is 5.18. The van der Waals surface area contributed by atoms with Crippen molar-refractivity contribution in [2.24, 2.45) is 0 Å². The van der Waals surface area contributed by atoms with Crippen LogP contribution < -0.4 is 5.32 Å². The summed E-state index contributed by atoms with van der Waals surface area (Å²) in [7, 11) is 0. The molecule has 0 aliphatic carbocycles. The summed E-state index contributed by atoms with van der Waals surface area (Å²) in [4.78, 5) is 11.2. The number of amides is 1. The van der Waals surface area contributed by atoms with Gasteiger partial charge in [0.05, 0.1) is 6.04 Å². The van der Waals surface area contributed by atoms with Crippen molar-refractivity contribution in [2.75, 3.05) is 0 Å². The predicted octanol–water partition coefficient (Wildman–Crippen LogP) is 2.68. The highest BCUT2D eigenvalue weighted by Gasteiger charge is 2.19. The predicted molar refractivity (Wildman–Crippen MR) is 56.2 cm³/mol. The summed E-state index contributed by atoms with van der Waals surface area (Å²) in [6.07, 6.45) is 2.62. The van der Waals surface area contributed by atoms with Gasteiger partial charge in [0.15, 0.2) is 0 Å². The van der Waals surface area contributed by atoms with Gasteiger partial charge in [-0.25, -0.2) is 0 Å². The molecule has 1 amide bonds. The summed E-state index contributed by atoms with van der Waals surface area (Å²) in [5, 5.41) is 3.69.